The third-order valence-electron chi connectivity index (χ3n) is 4.19. The van der Waals surface area contributed by atoms with Crippen LogP contribution in [-0.4, -0.2) is 37.1 Å². The summed E-state index contributed by atoms with van der Waals surface area (Å²) in [7, 11) is 0. The maximum atomic E-state index is 3.67. The molecule has 1 unspecified atom stereocenters. The average Bonchev–Trinajstić information content (AvgIpc) is 3.14. The first-order chi connectivity index (χ1) is 7.40. The zero-order valence-electron chi connectivity index (χ0n) is 9.75. The second-order valence-corrected chi connectivity index (χ2v) is 5.87. The van der Waals surface area contributed by atoms with E-state index in [1.807, 2.05) is 0 Å². The van der Waals surface area contributed by atoms with E-state index in [0.29, 0.717) is 0 Å². The van der Waals surface area contributed by atoms with Crippen molar-refractivity contribution in [1.82, 2.24) is 10.2 Å². The maximum absolute atomic E-state index is 3.67. The molecule has 0 aromatic carbocycles. The molecule has 3 aliphatic rings. The van der Waals surface area contributed by atoms with Gasteiger partial charge in [-0.3, -0.25) is 0 Å². The predicted octanol–water partition coefficient (Wildman–Crippen LogP) is 1.86. The minimum absolute atomic E-state index is 0.894. The molecular formula is C13H24N2. The van der Waals surface area contributed by atoms with E-state index in [1.165, 1.54) is 64.7 Å². The highest BCUT2D eigenvalue weighted by atomic mass is 15.1. The van der Waals surface area contributed by atoms with Gasteiger partial charge in [-0.05, 0) is 57.2 Å². The summed E-state index contributed by atoms with van der Waals surface area (Å²) in [5, 5.41) is 3.67. The fourth-order valence-electron chi connectivity index (χ4n) is 2.68. The minimum atomic E-state index is 0.894. The first-order valence-electron chi connectivity index (χ1n) is 6.86. The molecule has 1 N–H and O–H groups in total. The van der Waals surface area contributed by atoms with Crippen LogP contribution in [0.4, 0.5) is 0 Å². The molecule has 0 amide bonds. The van der Waals surface area contributed by atoms with E-state index >= 15 is 0 Å². The highest BCUT2D eigenvalue weighted by Gasteiger charge is 2.27. The Hall–Kier alpha value is -0.0800. The van der Waals surface area contributed by atoms with Gasteiger partial charge in [0.15, 0.2) is 0 Å². The zero-order valence-corrected chi connectivity index (χ0v) is 9.75. The molecular weight excluding hydrogens is 184 g/mol. The van der Waals surface area contributed by atoms with Gasteiger partial charge in [-0.25, -0.2) is 0 Å². The van der Waals surface area contributed by atoms with Crippen molar-refractivity contribution in [3.63, 3.8) is 0 Å². The Morgan fingerprint density at radius 3 is 2.60 bits per heavy atom. The van der Waals surface area contributed by atoms with E-state index in [9.17, 15) is 0 Å². The fourth-order valence-corrected chi connectivity index (χ4v) is 2.68. The van der Waals surface area contributed by atoms with Crippen LogP contribution in [0, 0.1) is 11.8 Å². The molecule has 0 bridgehead atoms. The van der Waals surface area contributed by atoms with Gasteiger partial charge in [0.1, 0.15) is 0 Å². The minimum Gasteiger partial charge on any atom is -0.314 e. The molecule has 2 heteroatoms. The van der Waals surface area contributed by atoms with Gasteiger partial charge in [0.05, 0.1) is 0 Å². The summed E-state index contributed by atoms with van der Waals surface area (Å²) in [6.07, 6.45) is 8.80. The van der Waals surface area contributed by atoms with Crippen molar-refractivity contribution in [3.8, 4) is 0 Å². The summed E-state index contributed by atoms with van der Waals surface area (Å²) < 4.78 is 0. The second kappa shape index (κ2) is 4.42. The van der Waals surface area contributed by atoms with Gasteiger partial charge in [0.2, 0.25) is 0 Å². The van der Waals surface area contributed by atoms with Crippen molar-refractivity contribution in [2.75, 3.05) is 26.2 Å². The second-order valence-electron chi connectivity index (χ2n) is 5.87. The number of hydrogen-bond acceptors (Lipinski definition) is 2. The summed E-state index contributed by atoms with van der Waals surface area (Å²) in [5.74, 6) is 2.05. The van der Waals surface area contributed by atoms with Crippen molar-refractivity contribution >= 4 is 0 Å². The van der Waals surface area contributed by atoms with E-state index in [2.05, 4.69) is 10.2 Å². The van der Waals surface area contributed by atoms with Crippen LogP contribution in [0.3, 0.4) is 0 Å². The molecule has 1 heterocycles. The largest absolute Gasteiger partial charge is 0.314 e. The lowest BCUT2D eigenvalue weighted by atomic mass is 10.1. The van der Waals surface area contributed by atoms with E-state index in [0.717, 1.165) is 17.9 Å². The first kappa shape index (κ1) is 10.1. The molecule has 0 spiro atoms. The van der Waals surface area contributed by atoms with E-state index in [-0.39, 0.29) is 0 Å². The molecule has 2 saturated carbocycles. The zero-order chi connectivity index (χ0) is 10.1. The van der Waals surface area contributed by atoms with Crippen molar-refractivity contribution in [2.24, 2.45) is 11.8 Å². The Morgan fingerprint density at radius 1 is 1.00 bits per heavy atom. The summed E-state index contributed by atoms with van der Waals surface area (Å²) in [6, 6.07) is 0.894. The highest BCUT2D eigenvalue weighted by molar-refractivity contribution is 4.85. The predicted molar refractivity (Wildman–Crippen MR) is 62.9 cm³/mol. The lowest BCUT2D eigenvalue weighted by molar-refractivity contribution is 0.310. The molecule has 2 aliphatic carbocycles. The number of nitrogens with one attached hydrogen (secondary N) is 1. The molecule has 0 aromatic rings. The highest BCUT2D eigenvalue weighted by Crippen LogP contribution is 2.33. The van der Waals surface area contributed by atoms with Gasteiger partial charge in [0.25, 0.3) is 0 Å². The van der Waals surface area contributed by atoms with Gasteiger partial charge >= 0.3 is 0 Å². The third-order valence-corrected chi connectivity index (χ3v) is 4.19. The molecule has 1 atom stereocenters. The SMILES string of the molecule is C1CC1CCN1CCC(CNC2CC2)C1. The van der Waals surface area contributed by atoms with Crippen LogP contribution in [0.2, 0.25) is 0 Å². The van der Waals surface area contributed by atoms with Crippen LogP contribution in [0.1, 0.15) is 38.5 Å². The number of hydrogen-bond donors (Lipinski definition) is 1. The normalized spacial score (nSPS) is 32.4. The standard InChI is InChI=1S/C13H24N2/c1-2-11(1)5-7-15-8-6-12(10-15)9-14-13-3-4-13/h11-14H,1-10H2. The van der Waals surface area contributed by atoms with Crippen LogP contribution in [0.25, 0.3) is 0 Å². The Bertz CT molecular complexity index is 187. The van der Waals surface area contributed by atoms with E-state index < -0.39 is 0 Å². The molecule has 1 saturated heterocycles. The average molecular weight is 208 g/mol. The van der Waals surface area contributed by atoms with Gasteiger partial charge in [-0.15, -0.1) is 0 Å². The molecule has 0 radical (unpaired) electrons. The Kier molecular flexibility index (Phi) is 2.98. The molecule has 1 aliphatic heterocycles. The third kappa shape index (κ3) is 3.18. The fraction of sp³-hybridized carbons (Fsp3) is 1.00. The Labute approximate surface area is 93.4 Å². The van der Waals surface area contributed by atoms with Gasteiger partial charge in [-0.2, -0.15) is 0 Å². The lowest BCUT2D eigenvalue weighted by Crippen LogP contribution is -2.28. The monoisotopic (exact) mass is 208 g/mol. The summed E-state index contributed by atoms with van der Waals surface area (Å²) in [4.78, 5) is 2.69. The first-order valence-corrected chi connectivity index (χ1v) is 6.86. The van der Waals surface area contributed by atoms with Crippen LogP contribution >= 0.6 is 0 Å². The number of rotatable bonds is 6. The lowest BCUT2D eigenvalue weighted by Gasteiger charge is -2.15. The maximum Gasteiger partial charge on any atom is 0.00683 e. The molecule has 15 heavy (non-hydrogen) atoms. The summed E-state index contributed by atoms with van der Waals surface area (Å²) in [5.41, 5.74) is 0. The topological polar surface area (TPSA) is 15.3 Å². The summed E-state index contributed by atoms with van der Waals surface area (Å²) in [6.45, 7) is 5.39. The number of likely N-dealkylation sites (tertiary alicyclic amines) is 1. The van der Waals surface area contributed by atoms with Crippen molar-refractivity contribution in [1.29, 1.82) is 0 Å². The van der Waals surface area contributed by atoms with Crippen molar-refractivity contribution in [2.45, 2.75) is 44.6 Å². The van der Waals surface area contributed by atoms with E-state index in [1.54, 1.807) is 0 Å². The van der Waals surface area contributed by atoms with Crippen molar-refractivity contribution < 1.29 is 0 Å². The molecule has 0 aromatic heterocycles. The van der Waals surface area contributed by atoms with Crippen molar-refractivity contribution in [3.05, 3.63) is 0 Å². The smallest absolute Gasteiger partial charge is 0.00683 e. The molecule has 3 fully saturated rings. The van der Waals surface area contributed by atoms with Gasteiger partial charge in [-0.1, -0.05) is 12.8 Å². The Morgan fingerprint density at radius 2 is 1.87 bits per heavy atom. The van der Waals surface area contributed by atoms with Gasteiger partial charge in [0, 0.05) is 12.6 Å². The quantitative estimate of drug-likeness (QED) is 0.717. The van der Waals surface area contributed by atoms with Crippen LogP contribution in [0.15, 0.2) is 0 Å². The summed E-state index contributed by atoms with van der Waals surface area (Å²) >= 11 is 0. The van der Waals surface area contributed by atoms with Crippen LogP contribution < -0.4 is 5.32 Å². The molecule has 86 valence electrons. The molecule has 2 nitrogen and oxygen atoms in total. The Balaban J connectivity index is 1.30. The van der Waals surface area contributed by atoms with Crippen LogP contribution in [-0.2, 0) is 0 Å². The molecule has 3 rings (SSSR count). The number of nitrogens with zero attached hydrogens (tertiary/aromatic N) is 1. The van der Waals surface area contributed by atoms with Crippen LogP contribution in [0.5, 0.6) is 0 Å². The van der Waals surface area contributed by atoms with Gasteiger partial charge < -0.3 is 10.2 Å². The van der Waals surface area contributed by atoms with E-state index in [4.69, 9.17) is 0 Å².